The van der Waals surface area contributed by atoms with E-state index in [9.17, 15) is 0 Å². The van der Waals surface area contributed by atoms with Crippen LogP contribution in [-0.4, -0.2) is 30.7 Å². The molecule has 0 saturated carbocycles. The molecule has 0 spiro atoms. The highest BCUT2D eigenvalue weighted by Gasteiger charge is 2.29. The van der Waals surface area contributed by atoms with Crippen molar-refractivity contribution in [3.63, 3.8) is 0 Å². The van der Waals surface area contributed by atoms with E-state index in [1.54, 1.807) is 0 Å². The summed E-state index contributed by atoms with van der Waals surface area (Å²) < 4.78 is 0. The summed E-state index contributed by atoms with van der Waals surface area (Å²) >= 11 is 0. The van der Waals surface area contributed by atoms with Gasteiger partial charge in [0, 0.05) is 19.1 Å². The number of nitriles is 1. The number of hydrogen-bond donors (Lipinski definition) is 1. The van der Waals surface area contributed by atoms with Crippen LogP contribution in [0.1, 0.15) is 31.4 Å². The Morgan fingerprint density at radius 1 is 1.32 bits per heavy atom. The van der Waals surface area contributed by atoms with Crippen LogP contribution < -0.4 is 10.2 Å². The van der Waals surface area contributed by atoms with Gasteiger partial charge in [0.2, 0.25) is 0 Å². The summed E-state index contributed by atoms with van der Waals surface area (Å²) in [5, 5.41) is 12.4. The van der Waals surface area contributed by atoms with Crippen LogP contribution in [0.4, 0.5) is 5.69 Å². The highest BCUT2D eigenvalue weighted by Crippen LogP contribution is 2.27. The average molecular weight is 256 g/mol. The first-order valence-corrected chi connectivity index (χ1v) is 7.21. The number of hydrogen-bond acceptors (Lipinski definition) is 4. The Morgan fingerprint density at radius 3 is 2.95 bits per heavy atom. The minimum atomic E-state index is 0.495. The molecule has 2 unspecified atom stereocenters. The van der Waals surface area contributed by atoms with Gasteiger partial charge in [-0.05, 0) is 50.3 Å². The van der Waals surface area contributed by atoms with E-state index in [1.165, 1.54) is 32.2 Å². The maximum absolute atomic E-state index is 8.79. The second-order valence-electron chi connectivity index (χ2n) is 5.56. The van der Waals surface area contributed by atoms with Crippen molar-refractivity contribution in [1.29, 1.82) is 5.26 Å². The van der Waals surface area contributed by atoms with Gasteiger partial charge in [-0.25, -0.2) is 4.98 Å². The molecule has 3 rings (SSSR count). The smallest absolute Gasteiger partial charge is 0.140 e. The second kappa shape index (κ2) is 5.58. The summed E-state index contributed by atoms with van der Waals surface area (Å²) in [6.07, 6.45) is 7.06. The largest absolute Gasteiger partial charge is 0.370 e. The van der Waals surface area contributed by atoms with Crippen molar-refractivity contribution in [3.8, 4) is 6.07 Å². The van der Waals surface area contributed by atoms with Crippen LogP contribution in [0.15, 0.2) is 18.3 Å². The van der Waals surface area contributed by atoms with Crippen LogP contribution in [0, 0.1) is 17.2 Å². The van der Waals surface area contributed by atoms with Crippen molar-refractivity contribution in [2.45, 2.75) is 31.7 Å². The fourth-order valence-corrected chi connectivity index (χ4v) is 3.33. The predicted octanol–water partition coefficient (Wildman–Crippen LogP) is 1.92. The SMILES string of the molecule is N#Cc1ccc(N2CCCC(C3CCCN3)C2)cn1. The molecule has 100 valence electrons. The molecule has 0 aromatic carbocycles. The number of aromatic nitrogens is 1. The van der Waals surface area contributed by atoms with E-state index in [2.05, 4.69) is 21.3 Å². The molecular weight excluding hydrogens is 236 g/mol. The van der Waals surface area contributed by atoms with Crippen LogP contribution in [0.25, 0.3) is 0 Å². The van der Waals surface area contributed by atoms with E-state index in [-0.39, 0.29) is 0 Å². The Labute approximate surface area is 114 Å². The zero-order valence-corrected chi connectivity index (χ0v) is 11.2. The third kappa shape index (κ3) is 2.71. The van der Waals surface area contributed by atoms with Crippen molar-refractivity contribution in [1.82, 2.24) is 10.3 Å². The number of nitrogens with one attached hydrogen (secondary N) is 1. The number of nitrogens with zero attached hydrogens (tertiary/aromatic N) is 3. The zero-order valence-electron chi connectivity index (χ0n) is 11.2. The summed E-state index contributed by atoms with van der Waals surface area (Å²) in [4.78, 5) is 6.60. The van der Waals surface area contributed by atoms with E-state index >= 15 is 0 Å². The molecule has 0 radical (unpaired) electrons. The minimum absolute atomic E-state index is 0.495. The lowest BCUT2D eigenvalue weighted by Gasteiger charge is -2.37. The van der Waals surface area contributed by atoms with E-state index in [4.69, 9.17) is 5.26 Å². The van der Waals surface area contributed by atoms with Crippen LogP contribution in [-0.2, 0) is 0 Å². The van der Waals surface area contributed by atoms with E-state index in [0.717, 1.165) is 24.7 Å². The normalized spacial score (nSPS) is 27.2. The molecule has 1 N–H and O–H groups in total. The van der Waals surface area contributed by atoms with Crippen LogP contribution in [0.5, 0.6) is 0 Å². The minimum Gasteiger partial charge on any atom is -0.370 e. The molecule has 0 amide bonds. The summed E-state index contributed by atoms with van der Waals surface area (Å²) in [5.74, 6) is 0.756. The lowest BCUT2D eigenvalue weighted by molar-refractivity contribution is 0.329. The third-order valence-corrected chi connectivity index (χ3v) is 4.35. The van der Waals surface area contributed by atoms with Gasteiger partial charge in [0.1, 0.15) is 11.8 Å². The van der Waals surface area contributed by atoms with Gasteiger partial charge in [-0.2, -0.15) is 5.26 Å². The summed E-state index contributed by atoms with van der Waals surface area (Å²) in [5.41, 5.74) is 1.65. The van der Waals surface area contributed by atoms with E-state index in [1.807, 2.05) is 18.3 Å². The molecule has 1 aromatic rings. The van der Waals surface area contributed by atoms with Crippen molar-refractivity contribution in [3.05, 3.63) is 24.0 Å². The fraction of sp³-hybridized carbons (Fsp3) is 0.600. The molecule has 1 aromatic heterocycles. The Bertz CT molecular complexity index is 456. The Kier molecular flexibility index (Phi) is 3.65. The van der Waals surface area contributed by atoms with Gasteiger partial charge in [0.15, 0.2) is 0 Å². The number of pyridine rings is 1. The van der Waals surface area contributed by atoms with Crippen LogP contribution in [0.3, 0.4) is 0 Å². The Morgan fingerprint density at radius 2 is 2.26 bits per heavy atom. The van der Waals surface area contributed by atoms with E-state index < -0.39 is 0 Å². The first-order chi connectivity index (χ1) is 9.36. The Hall–Kier alpha value is -1.60. The molecule has 3 heterocycles. The second-order valence-corrected chi connectivity index (χ2v) is 5.56. The standard InChI is InChI=1S/C15H20N4/c16-9-13-5-6-14(10-18-13)19-8-2-3-12(11-19)15-4-1-7-17-15/h5-6,10,12,15,17H,1-4,7-8,11H2. The maximum Gasteiger partial charge on any atom is 0.140 e. The van der Waals surface area contributed by atoms with Crippen molar-refractivity contribution >= 4 is 5.69 Å². The summed E-state index contributed by atoms with van der Waals surface area (Å²) in [6, 6.07) is 6.61. The molecule has 2 fully saturated rings. The summed E-state index contributed by atoms with van der Waals surface area (Å²) in [6.45, 7) is 3.40. The van der Waals surface area contributed by atoms with E-state index in [0.29, 0.717) is 11.7 Å². The molecule has 2 saturated heterocycles. The first-order valence-electron chi connectivity index (χ1n) is 7.21. The molecule has 2 atom stereocenters. The van der Waals surface area contributed by atoms with Gasteiger partial charge in [-0.15, -0.1) is 0 Å². The topological polar surface area (TPSA) is 52.0 Å². The quantitative estimate of drug-likeness (QED) is 0.878. The van der Waals surface area contributed by atoms with Gasteiger partial charge in [0.05, 0.1) is 11.9 Å². The highest BCUT2D eigenvalue weighted by atomic mass is 15.1. The highest BCUT2D eigenvalue weighted by molar-refractivity contribution is 5.46. The van der Waals surface area contributed by atoms with Crippen LogP contribution >= 0.6 is 0 Å². The third-order valence-electron chi connectivity index (χ3n) is 4.35. The van der Waals surface area contributed by atoms with Gasteiger partial charge >= 0.3 is 0 Å². The first kappa shape index (κ1) is 12.4. The van der Waals surface area contributed by atoms with Gasteiger partial charge in [-0.1, -0.05) is 0 Å². The lowest BCUT2D eigenvalue weighted by Crippen LogP contribution is -2.43. The van der Waals surface area contributed by atoms with Crippen molar-refractivity contribution < 1.29 is 0 Å². The molecule has 4 heteroatoms. The Balaban J connectivity index is 1.68. The van der Waals surface area contributed by atoms with Gasteiger partial charge in [-0.3, -0.25) is 0 Å². The molecule has 4 nitrogen and oxygen atoms in total. The molecule has 0 aliphatic carbocycles. The fourth-order valence-electron chi connectivity index (χ4n) is 3.33. The molecule has 2 aliphatic heterocycles. The van der Waals surface area contributed by atoms with Crippen LogP contribution in [0.2, 0.25) is 0 Å². The van der Waals surface area contributed by atoms with Gasteiger partial charge in [0.25, 0.3) is 0 Å². The maximum atomic E-state index is 8.79. The zero-order chi connectivity index (χ0) is 13.1. The summed E-state index contributed by atoms with van der Waals surface area (Å²) in [7, 11) is 0. The number of anilines is 1. The molecular formula is C15H20N4. The van der Waals surface area contributed by atoms with Crippen molar-refractivity contribution in [2.24, 2.45) is 5.92 Å². The average Bonchev–Trinajstić information content (AvgIpc) is 3.02. The molecule has 0 bridgehead atoms. The lowest BCUT2D eigenvalue weighted by atomic mass is 9.89. The van der Waals surface area contributed by atoms with Gasteiger partial charge < -0.3 is 10.2 Å². The number of piperidine rings is 1. The van der Waals surface area contributed by atoms with Crippen molar-refractivity contribution in [2.75, 3.05) is 24.5 Å². The molecule has 2 aliphatic rings. The number of rotatable bonds is 2. The monoisotopic (exact) mass is 256 g/mol. The molecule has 19 heavy (non-hydrogen) atoms. The predicted molar refractivity (Wildman–Crippen MR) is 74.9 cm³/mol.